The highest BCUT2D eigenvalue weighted by Crippen LogP contribution is 2.49. The zero-order valence-corrected chi connectivity index (χ0v) is 27.8. The van der Waals surface area contributed by atoms with Crippen LogP contribution in [0.25, 0.3) is 32.0 Å². The number of nitrogens with one attached hydrogen (secondary N) is 2. The van der Waals surface area contributed by atoms with Crippen molar-refractivity contribution in [3.05, 3.63) is 111 Å². The third-order valence-electron chi connectivity index (χ3n) is 9.87. The number of nitrogens with zero attached hydrogens (tertiary/aromatic N) is 4. The molecular weight excluding hydrogens is 660 g/mol. The number of rotatable bonds is 8. The first-order valence-electron chi connectivity index (χ1n) is 16.5. The maximum absolute atomic E-state index is 14.3. The Morgan fingerprint density at radius 1 is 1.10 bits per heavy atom. The summed E-state index contributed by atoms with van der Waals surface area (Å²) in [6, 6.07) is 16.2. The van der Waals surface area contributed by atoms with E-state index < -0.39 is 5.76 Å². The minimum absolute atomic E-state index is 0.0498. The number of hydrogen-bond donors (Lipinski definition) is 2. The number of aryl methyl sites for hydroxylation is 2. The molecule has 4 aromatic heterocycles. The molecule has 6 heterocycles. The van der Waals surface area contributed by atoms with E-state index in [0.29, 0.717) is 60.7 Å². The van der Waals surface area contributed by atoms with Crippen molar-refractivity contribution in [2.75, 3.05) is 32.2 Å². The van der Waals surface area contributed by atoms with E-state index in [1.165, 1.54) is 34.6 Å². The molecule has 1 saturated heterocycles. The van der Waals surface area contributed by atoms with Gasteiger partial charge in [-0.15, -0.1) is 16.4 Å². The van der Waals surface area contributed by atoms with Crippen LogP contribution in [0, 0.1) is 5.82 Å². The van der Waals surface area contributed by atoms with Crippen LogP contribution in [0.2, 0.25) is 0 Å². The van der Waals surface area contributed by atoms with Crippen LogP contribution in [-0.4, -0.2) is 57.8 Å². The Bertz CT molecular complexity index is 2350. The zero-order valence-electron chi connectivity index (χ0n) is 27.0. The largest absolute Gasteiger partial charge is 0.496 e. The molecule has 1 aliphatic carbocycles. The van der Waals surface area contributed by atoms with Gasteiger partial charge in [-0.2, -0.15) is 0 Å². The van der Waals surface area contributed by atoms with Gasteiger partial charge in [0.2, 0.25) is 0 Å². The van der Waals surface area contributed by atoms with E-state index in [0.717, 1.165) is 44.9 Å². The number of fused-ring (bicyclic) bond motifs is 5. The van der Waals surface area contributed by atoms with Crippen molar-refractivity contribution in [3.8, 4) is 27.6 Å². The van der Waals surface area contributed by atoms with E-state index in [9.17, 15) is 14.0 Å². The Hall–Kier alpha value is -5.40. The standard InChI is InChI=1S/C37H31FN6O5S/c1-47-27-4-2-3-22-23(27)10-12-24(22)41-34-33-20(13-14-39-34)17-28(50-33)30-29(35-42-43-37(46)49-35)25(11-7-19-5-8-21(38)9-6-19)40-32-26-18-48-16-15-44(26)36(45)31(30)32/h2-6,8-9,13-14,17,24,26H,7,10-12,15-16,18H2,1H3,(H,39,41)(H,43,46). The molecular formula is C37H31FN6O5S. The minimum Gasteiger partial charge on any atom is -0.496 e. The van der Waals surface area contributed by atoms with Crippen molar-refractivity contribution in [3.63, 3.8) is 0 Å². The number of pyridine rings is 2. The molecule has 11 nitrogen and oxygen atoms in total. The summed E-state index contributed by atoms with van der Waals surface area (Å²) >= 11 is 1.51. The lowest BCUT2D eigenvalue weighted by atomic mass is 9.93. The average molecular weight is 691 g/mol. The third kappa shape index (κ3) is 5.07. The number of ether oxygens (including phenoxy) is 2. The molecule has 0 bridgehead atoms. The first kappa shape index (κ1) is 30.6. The van der Waals surface area contributed by atoms with Gasteiger partial charge in [0.1, 0.15) is 17.4 Å². The van der Waals surface area contributed by atoms with Crippen LogP contribution in [0.3, 0.4) is 0 Å². The fraction of sp³-hybridized carbons (Fsp3) is 0.270. The number of methoxy groups -OCH3 is 1. The fourth-order valence-electron chi connectivity index (χ4n) is 7.56. The fourth-order valence-corrected chi connectivity index (χ4v) is 8.72. The number of H-pyrrole nitrogens is 1. The number of morpholine rings is 1. The summed E-state index contributed by atoms with van der Waals surface area (Å²) in [5.74, 6) is 0.507. The van der Waals surface area contributed by atoms with Gasteiger partial charge in [-0.3, -0.25) is 9.78 Å². The Kier molecular flexibility index (Phi) is 7.46. The summed E-state index contributed by atoms with van der Waals surface area (Å²) in [7, 11) is 1.70. The van der Waals surface area contributed by atoms with Crippen LogP contribution in [0.5, 0.6) is 5.75 Å². The summed E-state index contributed by atoms with van der Waals surface area (Å²) in [5, 5.41) is 11.3. The lowest BCUT2D eigenvalue weighted by molar-refractivity contribution is 0.00352. The third-order valence-corrected chi connectivity index (χ3v) is 11.0. The highest BCUT2D eigenvalue weighted by atomic mass is 32.1. The Morgan fingerprint density at radius 2 is 1.98 bits per heavy atom. The van der Waals surface area contributed by atoms with Crippen LogP contribution >= 0.6 is 11.3 Å². The van der Waals surface area contributed by atoms with Gasteiger partial charge in [-0.25, -0.2) is 19.3 Å². The molecule has 2 atom stereocenters. The summed E-state index contributed by atoms with van der Waals surface area (Å²) in [4.78, 5) is 39.1. The molecule has 0 spiro atoms. The summed E-state index contributed by atoms with van der Waals surface area (Å²) in [6.07, 6.45) is 4.53. The van der Waals surface area contributed by atoms with Crippen molar-refractivity contribution < 1.29 is 23.1 Å². The number of amides is 1. The molecule has 13 heteroatoms. The van der Waals surface area contributed by atoms with Crippen LogP contribution in [0.1, 0.15) is 56.9 Å². The number of aromatic amines is 1. The van der Waals surface area contributed by atoms with Crippen molar-refractivity contribution in [2.24, 2.45) is 0 Å². The molecule has 6 aromatic rings. The van der Waals surface area contributed by atoms with E-state index in [-0.39, 0.29) is 29.7 Å². The van der Waals surface area contributed by atoms with Gasteiger partial charge < -0.3 is 24.1 Å². The molecule has 0 saturated carbocycles. The molecule has 2 aromatic carbocycles. The predicted molar refractivity (Wildman–Crippen MR) is 185 cm³/mol. The van der Waals surface area contributed by atoms with Gasteiger partial charge in [0.05, 0.1) is 59.6 Å². The second kappa shape index (κ2) is 12.2. The van der Waals surface area contributed by atoms with Crippen LogP contribution in [0.4, 0.5) is 10.2 Å². The van der Waals surface area contributed by atoms with Gasteiger partial charge >= 0.3 is 5.76 Å². The van der Waals surface area contributed by atoms with E-state index in [4.69, 9.17) is 23.9 Å². The normalized spacial score (nSPS) is 18.0. The number of carbonyl (C=O) groups excluding carboxylic acids is 1. The van der Waals surface area contributed by atoms with Crippen LogP contribution in [-0.2, 0) is 24.0 Å². The van der Waals surface area contributed by atoms with Crippen LogP contribution < -0.4 is 15.8 Å². The molecule has 50 heavy (non-hydrogen) atoms. The maximum Gasteiger partial charge on any atom is 0.434 e. The zero-order chi connectivity index (χ0) is 33.9. The number of anilines is 1. The van der Waals surface area contributed by atoms with E-state index in [1.54, 1.807) is 25.4 Å². The van der Waals surface area contributed by atoms with Crippen molar-refractivity contribution >= 4 is 33.1 Å². The molecule has 1 fully saturated rings. The number of carbonyl (C=O) groups is 1. The Balaban J connectivity index is 1.21. The van der Waals surface area contributed by atoms with Crippen molar-refractivity contribution in [2.45, 2.75) is 37.8 Å². The quantitative estimate of drug-likeness (QED) is 0.190. The van der Waals surface area contributed by atoms with Crippen molar-refractivity contribution in [1.29, 1.82) is 0 Å². The van der Waals surface area contributed by atoms with Gasteiger partial charge in [-0.05, 0) is 78.1 Å². The highest BCUT2D eigenvalue weighted by molar-refractivity contribution is 7.23. The van der Waals surface area contributed by atoms with E-state index in [2.05, 4.69) is 21.6 Å². The average Bonchev–Trinajstić information content (AvgIpc) is 3.93. The lowest BCUT2D eigenvalue weighted by Gasteiger charge is -2.29. The first-order chi connectivity index (χ1) is 24.5. The molecule has 0 radical (unpaired) electrons. The number of thiophene rings is 1. The van der Waals surface area contributed by atoms with Crippen LogP contribution in [0.15, 0.2) is 70.0 Å². The number of halogens is 1. The topological polar surface area (TPSA) is 135 Å². The maximum atomic E-state index is 14.3. The summed E-state index contributed by atoms with van der Waals surface area (Å²) in [6.45, 7) is 1.20. The monoisotopic (exact) mass is 690 g/mol. The second-order valence-electron chi connectivity index (χ2n) is 12.7. The number of benzene rings is 2. The molecule has 1 amide bonds. The molecule has 9 rings (SSSR count). The Morgan fingerprint density at radius 3 is 2.80 bits per heavy atom. The summed E-state index contributed by atoms with van der Waals surface area (Å²) < 4.78 is 31.7. The van der Waals surface area contributed by atoms with E-state index >= 15 is 0 Å². The molecule has 252 valence electrons. The number of aromatic nitrogens is 4. The minimum atomic E-state index is -0.714. The molecule has 3 aliphatic rings. The van der Waals surface area contributed by atoms with Gasteiger partial charge in [0.25, 0.3) is 11.8 Å². The lowest BCUT2D eigenvalue weighted by Crippen LogP contribution is -2.38. The van der Waals surface area contributed by atoms with Gasteiger partial charge in [-0.1, -0.05) is 24.3 Å². The SMILES string of the molecule is COc1cccc2c1CCC2Nc1nccc2cc(-c3c4c(nc(CCc5ccc(F)cc5)c3-c3n[nH]c(=O)o3)C3COCCN3C4=O)sc12. The second-order valence-corrected chi connectivity index (χ2v) is 13.7. The predicted octanol–water partition coefficient (Wildman–Crippen LogP) is 6.26. The van der Waals surface area contributed by atoms with Gasteiger partial charge in [0.15, 0.2) is 0 Å². The van der Waals surface area contributed by atoms with E-state index in [1.807, 2.05) is 29.2 Å². The Labute approximate surface area is 289 Å². The smallest absolute Gasteiger partial charge is 0.434 e. The number of hydrogen-bond acceptors (Lipinski definition) is 10. The molecule has 2 aliphatic heterocycles. The van der Waals surface area contributed by atoms with Gasteiger partial charge in [0, 0.05) is 23.2 Å². The first-order valence-corrected chi connectivity index (χ1v) is 17.4. The summed E-state index contributed by atoms with van der Waals surface area (Å²) in [5.41, 5.74) is 6.10. The van der Waals surface area contributed by atoms with Crippen molar-refractivity contribution in [1.82, 2.24) is 25.1 Å². The molecule has 2 unspecified atom stereocenters. The molecule has 2 N–H and O–H groups in total. The highest BCUT2D eigenvalue weighted by Gasteiger charge is 2.44.